The number of carbonyl (C=O) groups is 1. The Morgan fingerprint density at radius 1 is 1.26 bits per heavy atom. The predicted molar refractivity (Wildman–Crippen MR) is 83.8 cm³/mol. The molecule has 6 heteroatoms. The van der Waals surface area contributed by atoms with Gasteiger partial charge < -0.3 is 9.47 Å². The van der Waals surface area contributed by atoms with E-state index in [-0.39, 0.29) is 17.2 Å². The van der Waals surface area contributed by atoms with Crippen LogP contribution in [0, 0.1) is 17.0 Å². The van der Waals surface area contributed by atoms with Crippen LogP contribution in [0.5, 0.6) is 11.5 Å². The lowest BCUT2D eigenvalue weighted by Crippen LogP contribution is -2.00. The molecule has 0 unspecified atom stereocenters. The predicted octanol–water partition coefficient (Wildman–Crippen LogP) is 3.53. The fraction of sp³-hybridized carbons (Fsp3) is 0.118. The molecule has 23 heavy (non-hydrogen) atoms. The lowest BCUT2D eigenvalue weighted by atomic mass is 10.1. The molecule has 0 amide bonds. The summed E-state index contributed by atoms with van der Waals surface area (Å²) in [4.78, 5) is 22.8. The van der Waals surface area contributed by atoms with Crippen LogP contribution in [0.2, 0.25) is 0 Å². The SMILES string of the molecule is COc1cc(C)cc2c1C(=O)/C(=C/c1cccc([N+](=O)[O-])c1)O2. The number of rotatable bonds is 3. The van der Waals surface area contributed by atoms with Crippen molar-refractivity contribution in [2.75, 3.05) is 7.11 Å². The van der Waals surface area contributed by atoms with E-state index in [0.29, 0.717) is 22.6 Å². The van der Waals surface area contributed by atoms with E-state index in [4.69, 9.17) is 9.47 Å². The van der Waals surface area contributed by atoms with Gasteiger partial charge in [-0.15, -0.1) is 0 Å². The van der Waals surface area contributed by atoms with Gasteiger partial charge in [-0.05, 0) is 36.3 Å². The average Bonchev–Trinajstić information content (AvgIpc) is 2.82. The summed E-state index contributed by atoms with van der Waals surface area (Å²) >= 11 is 0. The zero-order valence-electron chi connectivity index (χ0n) is 12.5. The van der Waals surface area contributed by atoms with Crippen molar-refractivity contribution >= 4 is 17.5 Å². The van der Waals surface area contributed by atoms with Gasteiger partial charge in [-0.1, -0.05) is 12.1 Å². The largest absolute Gasteiger partial charge is 0.496 e. The summed E-state index contributed by atoms with van der Waals surface area (Å²) in [5.41, 5.74) is 1.75. The van der Waals surface area contributed by atoms with Crippen LogP contribution in [-0.2, 0) is 0 Å². The number of hydrogen-bond acceptors (Lipinski definition) is 5. The lowest BCUT2D eigenvalue weighted by Gasteiger charge is -2.05. The normalized spacial score (nSPS) is 14.5. The molecule has 3 rings (SSSR count). The fourth-order valence-electron chi connectivity index (χ4n) is 2.45. The van der Waals surface area contributed by atoms with E-state index < -0.39 is 4.92 Å². The summed E-state index contributed by atoms with van der Waals surface area (Å²) in [6.45, 7) is 1.87. The molecule has 6 nitrogen and oxygen atoms in total. The van der Waals surface area contributed by atoms with E-state index in [2.05, 4.69) is 0 Å². The van der Waals surface area contributed by atoms with Crippen molar-refractivity contribution in [2.24, 2.45) is 0 Å². The molecule has 1 aliphatic rings. The summed E-state index contributed by atoms with van der Waals surface area (Å²) in [6, 6.07) is 9.51. The Bertz CT molecular complexity index is 854. The summed E-state index contributed by atoms with van der Waals surface area (Å²) in [5, 5.41) is 10.8. The fourth-order valence-corrected chi connectivity index (χ4v) is 2.45. The molecular weight excluding hydrogens is 298 g/mol. The minimum atomic E-state index is -0.486. The molecular formula is C17H13NO5. The molecule has 0 fully saturated rings. The van der Waals surface area contributed by atoms with Crippen LogP contribution in [0.25, 0.3) is 6.08 Å². The smallest absolute Gasteiger partial charge is 0.270 e. The van der Waals surface area contributed by atoms with Gasteiger partial charge >= 0.3 is 0 Å². The maximum atomic E-state index is 12.5. The Kier molecular flexibility index (Phi) is 3.57. The van der Waals surface area contributed by atoms with Crippen molar-refractivity contribution in [3.63, 3.8) is 0 Å². The van der Waals surface area contributed by atoms with Crippen LogP contribution < -0.4 is 9.47 Å². The van der Waals surface area contributed by atoms with Crippen molar-refractivity contribution in [1.82, 2.24) is 0 Å². The van der Waals surface area contributed by atoms with Crippen LogP contribution in [0.1, 0.15) is 21.5 Å². The van der Waals surface area contributed by atoms with Crippen LogP contribution in [-0.4, -0.2) is 17.8 Å². The highest BCUT2D eigenvalue weighted by atomic mass is 16.6. The first-order valence-electron chi connectivity index (χ1n) is 6.87. The Morgan fingerprint density at radius 2 is 2.04 bits per heavy atom. The number of Topliss-reactive ketones (excluding diaryl/α,β-unsaturated/α-hetero) is 1. The molecule has 0 saturated carbocycles. The number of methoxy groups -OCH3 is 1. The molecule has 0 spiro atoms. The van der Waals surface area contributed by atoms with E-state index >= 15 is 0 Å². The van der Waals surface area contributed by atoms with E-state index in [0.717, 1.165) is 5.56 Å². The van der Waals surface area contributed by atoms with Gasteiger partial charge in [0.25, 0.3) is 5.69 Å². The minimum absolute atomic E-state index is 0.0456. The third-order valence-corrected chi connectivity index (χ3v) is 3.48. The van der Waals surface area contributed by atoms with Crippen LogP contribution in [0.15, 0.2) is 42.2 Å². The summed E-state index contributed by atoms with van der Waals surface area (Å²) in [5.74, 6) is 0.698. The number of ether oxygens (including phenoxy) is 2. The minimum Gasteiger partial charge on any atom is -0.496 e. The second-order valence-electron chi connectivity index (χ2n) is 5.13. The third-order valence-electron chi connectivity index (χ3n) is 3.48. The van der Waals surface area contributed by atoms with Gasteiger partial charge in [0.2, 0.25) is 5.78 Å². The highest BCUT2D eigenvalue weighted by molar-refractivity contribution is 6.16. The molecule has 0 saturated heterocycles. The lowest BCUT2D eigenvalue weighted by molar-refractivity contribution is -0.384. The van der Waals surface area contributed by atoms with Crippen molar-refractivity contribution in [3.05, 3.63) is 69.0 Å². The van der Waals surface area contributed by atoms with E-state index in [1.54, 1.807) is 24.3 Å². The number of non-ortho nitro benzene ring substituents is 1. The van der Waals surface area contributed by atoms with Gasteiger partial charge in [-0.2, -0.15) is 0 Å². The molecule has 0 atom stereocenters. The maximum Gasteiger partial charge on any atom is 0.270 e. The van der Waals surface area contributed by atoms with Crippen LogP contribution >= 0.6 is 0 Å². The third kappa shape index (κ3) is 2.66. The molecule has 0 bridgehead atoms. The molecule has 2 aromatic carbocycles. The zero-order valence-corrected chi connectivity index (χ0v) is 12.5. The van der Waals surface area contributed by atoms with Gasteiger partial charge in [-0.3, -0.25) is 14.9 Å². The summed E-state index contributed by atoms with van der Waals surface area (Å²) in [6.07, 6.45) is 1.49. The second-order valence-corrected chi connectivity index (χ2v) is 5.13. The molecule has 116 valence electrons. The number of allylic oxidation sites excluding steroid dienone is 1. The van der Waals surface area contributed by atoms with E-state index in [1.165, 1.54) is 25.3 Å². The highest BCUT2D eigenvalue weighted by Gasteiger charge is 2.31. The molecule has 0 N–H and O–H groups in total. The number of nitro benzene ring substituents is 1. The van der Waals surface area contributed by atoms with Crippen LogP contribution in [0.3, 0.4) is 0 Å². The first kappa shape index (κ1) is 14.8. The number of fused-ring (bicyclic) bond motifs is 1. The van der Waals surface area contributed by atoms with Gasteiger partial charge in [0.15, 0.2) is 5.76 Å². The molecule has 2 aromatic rings. The Labute approximate surface area is 132 Å². The quantitative estimate of drug-likeness (QED) is 0.492. The van der Waals surface area contributed by atoms with Crippen molar-refractivity contribution in [2.45, 2.75) is 6.92 Å². The molecule has 1 aliphatic heterocycles. The molecule has 0 aliphatic carbocycles. The monoisotopic (exact) mass is 311 g/mol. The van der Waals surface area contributed by atoms with Gasteiger partial charge in [0, 0.05) is 12.1 Å². The summed E-state index contributed by atoms with van der Waals surface area (Å²) in [7, 11) is 1.49. The Hall–Kier alpha value is -3.15. The van der Waals surface area contributed by atoms with E-state index in [9.17, 15) is 14.9 Å². The number of carbonyl (C=O) groups excluding carboxylic acids is 1. The van der Waals surface area contributed by atoms with Crippen LogP contribution in [0.4, 0.5) is 5.69 Å². The number of nitro groups is 1. The van der Waals surface area contributed by atoms with Crippen molar-refractivity contribution in [3.8, 4) is 11.5 Å². The topological polar surface area (TPSA) is 78.7 Å². The summed E-state index contributed by atoms with van der Waals surface area (Å²) < 4.78 is 10.8. The zero-order chi connectivity index (χ0) is 16.6. The Morgan fingerprint density at radius 3 is 2.74 bits per heavy atom. The maximum absolute atomic E-state index is 12.5. The number of aryl methyl sites for hydroxylation is 1. The Balaban J connectivity index is 2.02. The number of ketones is 1. The van der Waals surface area contributed by atoms with Gasteiger partial charge in [-0.25, -0.2) is 0 Å². The second kappa shape index (κ2) is 5.57. The molecule has 0 radical (unpaired) electrons. The molecule has 0 aromatic heterocycles. The van der Waals surface area contributed by atoms with Crippen molar-refractivity contribution in [1.29, 1.82) is 0 Å². The van der Waals surface area contributed by atoms with Gasteiger partial charge in [0.1, 0.15) is 17.1 Å². The van der Waals surface area contributed by atoms with Crippen molar-refractivity contribution < 1.29 is 19.2 Å². The first-order chi connectivity index (χ1) is 11.0. The number of hydrogen-bond donors (Lipinski definition) is 0. The standard InChI is InChI=1S/C17H13NO5/c1-10-6-13(22-2)16-14(7-10)23-15(17(16)19)9-11-4-3-5-12(8-11)18(20)21/h3-9H,1-2H3/b15-9-. The van der Waals surface area contributed by atoms with Gasteiger partial charge in [0.05, 0.1) is 12.0 Å². The number of benzene rings is 2. The first-order valence-corrected chi connectivity index (χ1v) is 6.87. The van der Waals surface area contributed by atoms with E-state index in [1.807, 2.05) is 6.92 Å². The average molecular weight is 311 g/mol. The molecule has 1 heterocycles. The highest BCUT2D eigenvalue weighted by Crippen LogP contribution is 2.39. The number of nitrogens with zero attached hydrogens (tertiary/aromatic N) is 1.